The molecule has 6 heteroatoms. The highest BCUT2D eigenvalue weighted by Crippen LogP contribution is 2.24. The Morgan fingerprint density at radius 3 is 2.48 bits per heavy atom. The van der Waals surface area contributed by atoms with E-state index in [0.29, 0.717) is 25.4 Å². The zero-order chi connectivity index (χ0) is 19.3. The fourth-order valence-corrected chi connectivity index (χ4v) is 5.70. The number of hydrogen-bond acceptors (Lipinski definition) is 3. The van der Waals surface area contributed by atoms with E-state index in [2.05, 4.69) is 6.92 Å². The summed E-state index contributed by atoms with van der Waals surface area (Å²) in [5.74, 6) is 0.827. The molecule has 0 saturated carbocycles. The van der Waals surface area contributed by atoms with Crippen LogP contribution in [0, 0.1) is 11.8 Å². The van der Waals surface area contributed by atoms with Crippen LogP contribution in [0.4, 0.5) is 0 Å². The highest BCUT2D eigenvalue weighted by Gasteiger charge is 2.34. The topological polar surface area (TPSA) is 57.7 Å². The van der Waals surface area contributed by atoms with Crippen molar-refractivity contribution in [1.29, 1.82) is 0 Å². The van der Waals surface area contributed by atoms with Gasteiger partial charge in [-0.05, 0) is 50.0 Å². The maximum Gasteiger partial charge on any atom is 0.227 e. The molecule has 0 N–H and O–H groups in total. The Balaban J connectivity index is 1.52. The van der Waals surface area contributed by atoms with Gasteiger partial charge in [0.1, 0.15) is 0 Å². The van der Waals surface area contributed by atoms with Gasteiger partial charge in [-0.3, -0.25) is 4.79 Å². The molecule has 2 aliphatic rings. The number of nitrogens with zero attached hydrogens (tertiary/aromatic N) is 2. The highest BCUT2D eigenvalue weighted by molar-refractivity contribution is 7.89. The van der Waals surface area contributed by atoms with Gasteiger partial charge in [0, 0.05) is 26.2 Å². The highest BCUT2D eigenvalue weighted by atomic mass is 32.2. The van der Waals surface area contributed by atoms with Crippen LogP contribution < -0.4 is 0 Å². The zero-order valence-electron chi connectivity index (χ0n) is 16.3. The zero-order valence-corrected chi connectivity index (χ0v) is 17.2. The van der Waals surface area contributed by atoms with Crippen LogP contribution in [0.1, 0.15) is 44.6 Å². The van der Waals surface area contributed by atoms with E-state index in [4.69, 9.17) is 0 Å². The number of carbonyl (C=O) groups is 1. The number of likely N-dealkylation sites (tertiary alicyclic amines) is 1. The molecule has 2 heterocycles. The van der Waals surface area contributed by atoms with Crippen molar-refractivity contribution in [2.24, 2.45) is 11.8 Å². The van der Waals surface area contributed by atoms with E-state index in [1.807, 2.05) is 35.2 Å². The molecule has 27 heavy (non-hydrogen) atoms. The number of benzene rings is 1. The quantitative estimate of drug-likeness (QED) is 0.748. The lowest BCUT2D eigenvalue weighted by Crippen LogP contribution is -2.48. The van der Waals surface area contributed by atoms with Crippen LogP contribution in [-0.4, -0.2) is 55.5 Å². The largest absolute Gasteiger partial charge is 0.342 e. The summed E-state index contributed by atoms with van der Waals surface area (Å²) < 4.78 is 27.1. The Kier molecular flexibility index (Phi) is 6.93. The number of sulfonamides is 1. The molecule has 3 rings (SSSR count). The summed E-state index contributed by atoms with van der Waals surface area (Å²) in [6.07, 6.45) is 5.08. The summed E-state index contributed by atoms with van der Waals surface area (Å²) in [5.41, 5.74) is 1.17. The minimum absolute atomic E-state index is 0.157. The van der Waals surface area contributed by atoms with Gasteiger partial charge in [-0.2, -0.15) is 0 Å². The molecule has 1 atom stereocenters. The Bertz CT molecular complexity index is 712. The predicted molar refractivity (Wildman–Crippen MR) is 108 cm³/mol. The van der Waals surface area contributed by atoms with E-state index in [1.165, 1.54) is 5.56 Å². The second kappa shape index (κ2) is 9.20. The van der Waals surface area contributed by atoms with Crippen LogP contribution in [0.3, 0.4) is 0 Å². The molecule has 5 nitrogen and oxygen atoms in total. The molecule has 0 radical (unpaired) electrons. The van der Waals surface area contributed by atoms with Crippen LogP contribution >= 0.6 is 0 Å². The molecule has 2 saturated heterocycles. The van der Waals surface area contributed by atoms with Crippen molar-refractivity contribution in [2.75, 3.05) is 31.9 Å². The summed E-state index contributed by atoms with van der Waals surface area (Å²) in [6.45, 7) is 4.78. The summed E-state index contributed by atoms with van der Waals surface area (Å²) >= 11 is 0. The monoisotopic (exact) mass is 392 g/mol. The second-order valence-electron chi connectivity index (χ2n) is 8.11. The maximum absolute atomic E-state index is 12.8. The molecule has 0 aliphatic carbocycles. The summed E-state index contributed by atoms with van der Waals surface area (Å²) in [5, 5.41) is 0. The van der Waals surface area contributed by atoms with Crippen LogP contribution in [0.15, 0.2) is 30.3 Å². The molecule has 0 spiro atoms. The fourth-order valence-electron chi connectivity index (χ4n) is 4.12. The molecular formula is C21H32N2O3S. The van der Waals surface area contributed by atoms with Gasteiger partial charge in [0.15, 0.2) is 0 Å². The third-order valence-corrected chi connectivity index (χ3v) is 7.86. The molecule has 2 aliphatic heterocycles. The Labute approximate surface area is 163 Å². The normalized spacial score (nSPS) is 22.7. The number of rotatable bonds is 6. The van der Waals surface area contributed by atoms with Gasteiger partial charge in [0.25, 0.3) is 0 Å². The van der Waals surface area contributed by atoms with E-state index >= 15 is 0 Å². The van der Waals surface area contributed by atoms with Gasteiger partial charge < -0.3 is 4.90 Å². The first-order valence-electron chi connectivity index (χ1n) is 10.3. The van der Waals surface area contributed by atoms with Crippen molar-refractivity contribution in [2.45, 2.75) is 45.4 Å². The number of aryl methyl sites for hydroxylation is 1. The van der Waals surface area contributed by atoms with Crippen molar-refractivity contribution in [3.63, 3.8) is 0 Å². The van der Waals surface area contributed by atoms with Gasteiger partial charge in [0.2, 0.25) is 15.9 Å². The van der Waals surface area contributed by atoms with Crippen molar-refractivity contribution < 1.29 is 13.2 Å². The molecule has 0 aromatic heterocycles. The van der Waals surface area contributed by atoms with E-state index < -0.39 is 10.0 Å². The molecule has 1 aromatic rings. The van der Waals surface area contributed by atoms with E-state index in [0.717, 1.165) is 45.2 Å². The van der Waals surface area contributed by atoms with Crippen molar-refractivity contribution in [3.8, 4) is 0 Å². The second-order valence-corrected chi connectivity index (χ2v) is 10.2. The Hall–Kier alpha value is -1.40. The molecule has 0 bridgehead atoms. The van der Waals surface area contributed by atoms with Crippen LogP contribution in [0.5, 0.6) is 0 Å². The Morgan fingerprint density at radius 1 is 1.07 bits per heavy atom. The van der Waals surface area contributed by atoms with Gasteiger partial charge in [0.05, 0.1) is 11.7 Å². The first-order chi connectivity index (χ1) is 13.0. The van der Waals surface area contributed by atoms with Gasteiger partial charge in [-0.15, -0.1) is 0 Å². The smallest absolute Gasteiger partial charge is 0.227 e. The van der Waals surface area contributed by atoms with Gasteiger partial charge in [-0.25, -0.2) is 12.7 Å². The lowest BCUT2D eigenvalue weighted by Gasteiger charge is -2.37. The first-order valence-corrected chi connectivity index (χ1v) is 11.9. The number of hydrogen-bond donors (Lipinski definition) is 0. The number of amides is 1. The predicted octanol–water partition coefficient (Wildman–Crippen LogP) is 2.92. The molecule has 150 valence electrons. The minimum atomic E-state index is -3.30. The average Bonchev–Trinajstić information content (AvgIpc) is 2.69. The molecular weight excluding hydrogens is 360 g/mol. The van der Waals surface area contributed by atoms with Crippen LogP contribution in [0.25, 0.3) is 0 Å². The molecule has 2 fully saturated rings. The standard InChI is InChI=1S/C21H32N2O3S/c1-18-11-14-22(15-12-18)21(24)20-10-5-13-23(17-20)27(25,26)16-6-9-19-7-3-2-4-8-19/h2-4,7-8,18,20H,5-6,9-17H2,1H3. The summed E-state index contributed by atoms with van der Waals surface area (Å²) in [4.78, 5) is 14.8. The SMILES string of the molecule is CC1CCN(C(=O)C2CCCN(S(=O)(=O)CCCc3ccccc3)C2)CC1. The third kappa shape index (κ3) is 5.55. The Morgan fingerprint density at radius 2 is 1.78 bits per heavy atom. The lowest BCUT2D eigenvalue weighted by atomic mass is 9.94. The van der Waals surface area contributed by atoms with Crippen molar-refractivity contribution >= 4 is 15.9 Å². The van der Waals surface area contributed by atoms with E-state index in [9.17, 15) is 13.2 Å². The van der Waals surface area contributed by atoms with Crippen molar-refractivity contribution in [1.82, 2.24) is 9.21 Å². The summed E-state index contributed by atoms with van der Waals surface area (Å²) in [6, 6.07) is 9.98. The van der Waals surface area contributed by atoms with Crippen molar-refractivity contribution in [3.05, 3.63) is 35.9 Å². The molecule has 1 amide bonds. The molecule has 1 aromatic carbocycles. The average molecular weight is 393 g/mol. The van der Waals surface area contributed by atoms with Crippen LogP contribution in [-0.2, 0) is 21.2 Å². The number of piperidine rings is 2. The third-order valence-electron chi connectivity index (χ3n) is 5.93. The summed E-state index contributed by atoms with van der Waals surface area (Å²) in [7, 11) is -3.30. The van der Waals surface area contributed by atoms with E-state index in [-0.39, 0.29) is 17.6 Å². The van der Waals surface area contributed by atoms with E-state index in [1.54, 1.807) is 4.31 Å². The number of carbonyl (C=O) groups excluding carboxylic acids is 1. The first kappa shape index (κ1) is 20.3. The maximum atomic E-state index is 12.8. The van der Waals surface area contributed by atoms with Crippen LogP contribution in [0.2, 0.25) is 0 Å². The minimum Gasteiger partial charge on any atom is -0.342 e. The van der Waals surface area contributed by atoms with Gasteiger partial charge in [-0.1, -0.05) is 37.3 Å². The molecule has 1 unspecified atom stereocenters. The van der Waals surface area contributed by atoms with Gasteiger partial charge >= 0.3 is 0 Å². The fraction of sp³-hybridized carbons (Fsp3) is 0.667. The lowest BCUT2D eigenvalue weighted by molar-refractivity contribution is -0.138.